The SMILES string of the molecule is CC[C@H](c1cccc(C)c1)C(C(=O)Oc1c(Cl)cc(Cl)cc1Cl)C(=O)Oc1c(Cl)cc(Cl)cc1Cl. The van der Waals surface area contributed by atoms with Crippen LogP contribution in [0.15, 0.2) is 48.5 Å². The highest BCUT2D eigenvalue weighted by Gasteiger charge is 2.39. The molecule has 3 aromatic carbocycles. The van der Waals surface area contributed by atoms with Gasteiger partial charge in [-0.15, -0.1) is 0 Å². The first-order valence-corrected chi connectivity index (χ1v) is 12.6. The predicted octanol–water partition coefficient (Wildman–Crippen LogP) is 9.24. The molecule has 184 valence electrons. The third-order valence-electron chi connectivity index (χ3n) is 5.15. The lowest BCUT2D eigenvalue weighted by molar-refractivity contribution is -0.152. The van der Waals surface area contributed by atoms with Gasteiger partial charge in [0.15, 0.2) is 17.4 Å². The average molecular weight is 595 g/mol. The van der Waals surface area contributed by atoms with Crippen molar-refractivity contribution in [1.82, 2.24) is 0 Å². The number of ether oxygens (including phenoxy) is 2. The van der Waals surface area contributed by atoms with Crippen LogP contribution in [0.5, 0.6) is 11.5 Å². The van der Waals surface area contributed by atoms with Gasteiger partial charge in [0.05, 0.1) is 20.1 Å². The number of benzene rings is 3. The highest BCUT2D eigenvalue weighted by molar-refractivity contribution is 6.41. The number of hydrogen-bond donors (Lipinski definition) is 0. The van der Waals surface area contributed by atoms with Crippen LogP contribution < -0.4 is 9.47 Å². The lowest BCUT2D eigenvalue weighted by atomic mass is 9.83. The smallest absolute Gasteiger partial charge is 0.326 e. The zero-order valence-electron chi connectivity index (χ0n) is 18.4. The molecule has 0 spiro atoms. The Morgan fingerprint density at radius 2 is 1.17 bits per heavy atom. The Morgan fingerprint density at radius 3 is 1.54 bits per heavy atom. The first kappa shape index (κ1) is 27.9. The van der Waals surface area contributed by atoms with Gasteiger partial charge < -0.3 is 9.47 Å². The van der Waals surface area contributed by atoms with Crippen LogP contribution in [-0.4, -0.2) is 11.9 Å². The summed E-state index contributed by atoms with van der Waals surface area (Å²) in [5.41, 5.74) is 1.70. The number of halogens is 6. The molecule has 0 aromatic heterocycles. The Hall–Kier alpha value is -1.66. The minimum absolute atomic E-state index is 0.00959. The summed E-state index contributed by atoms with van der Waals surface area (Å²) in [4.78, 5) is 26.9. The highest BCUT2D eigenvalue weighted by Crippen LogP contribution is 2.40. The molecule has 0 heterocycles. The third kappa shape index (κ3) is 6.76. The summed E-state index contributed by atoms with van der Waals surface area (Å²) in [6.07, 6.45) is 0.405. The molecule has 0 radical (unpaired) electrons. The van der Waals surface area contributed by atoms with Crippen molar-refractivity contribution in [3.05, 3.63) is 89.8 Å². The molecule has 0 saturated heterocycles. The van der Waals surface area contributed by atoms with Crippen LogP contribution >= 0.6 is 69.6 Å². The second-order valence-electron chi connectivity index (χ2n) is 7.65. The topological polar surface area (TPSA) is 52.6 Å². The van der Waals surface area contributed by atoms with Crippen LogP contribution in [-0.2, 0) is 9.59 Å². The fraction of sp³-hybridized carbons (Fsp3) is 0.200. The molecule has 10 heteroatoms. The molecule has 0 fully saturated rings. The van der Waals surface area contributed by atoms with Crippen molar-refractivity contribution in [2.75, 3.05) is 0 Å². The molecule has 3 aromatic rings. The Kier molecular flexibility index (Phi) is 9.61. The molecule has 0 bridgehead atoms. The minimum Gasteiger partial charge on any atom is -0.423 e. The standard InChI is InChI=1S/C25H18Cl6O4/c1-3-16(13-6-4-5-12(2)7-13)21(24(32)34-22-17(28)8-14(26)9-18(22)29)25(33)35-23-19(30)10-15(27)11-20(23)31/h4-11,16,21H,3H2,1-2H3/t16-/m1/s1. The van der Waals surface area contributed by atoms with Gasteiger partial charge in [-0.2, -0.15) is 0 Å². The second kappa shape index (κ2) is 12.1. The van der Waals surface area contributed by atoms with Crippen molar-refractivity contribution < 1.29 is 19.1 Å². The monoisotopic (exact) mass is 592 g/mol. The van der Waals surface area contributed by atoms with Gasteiger partial charge in [0, 0.05) is 16.0 Å². The summed E-state index contributed by atoms with van der Waals surface area (Å²) >= 11 is 36.7. The number of carbonyl (C=O) groups excluding carboxylic acids is 2. The van der Waals surface area contributed by atoms with Crippen molar-refractivity contribution in [1.29, 1.82) is 0 Å². The predicted molar refractivity (Wildman–Crippen MR) is 142 cm³/mol. The van der Waals surface area contributed by atoms with Crippen LogP contribution in [0.3, 0.4) is 0 Å². The zero-order valence-corrected chi connectivity index (χ0v) is 22.9. The lowest BCUT2D eigenvalue weighted by Crippen LogP contribution is -2.36. The van der Waals surface area contributed by atoms with E-state index in [1.807, 2.05) is 38.1 Å². The maximum Gasteiger partial charge on any atom is 0.326 e. The number of carbonyl (C=O) groups is 2. The van der Waals surface area contributed by atoms with E-state index < -0.39 is 23.8 Å². The number of esters is 2. The zero-order chi connectivity index (χ0) is 25.9. The van der Waals surface area contributed by atoms with E-state index in [0.29, 0.717) is 6.42 Å². The molecule has 4 nitrogen and oxygen atoms in total. The molecular formula is C25H18Cl6O4. The fourth-order valence-corrected chi connectivity index (χ4v) is 5.36. The number of hydrogen-bond acceptors (Lipinski definition) is 4. The average Bonchev–Trinajstić information content (AvgIpc) is 2.76. The fourth-order valence-electron chi connectivity index (χ4n) is 3.57. The normalized spacial score (nSPS) is 11.9. The van der Waals surface area contributed by atoms with Crippen molar-refractivity contribution in [2.45, 2.75) is 26.2 Å². The molecule has 0 aliphatic heterocycles. The molecule has 3 rings (SSSR count). The summed E-state index contributed by atoms with van der Waals surface area (Å²) < 4.78 is 11.0. The van der Waals surface area contributed by atoms with Crippen LogP contribution in [0.25, 0.3) is 0 Å². The van der Waals surface area contributed by atoms with Crippen molar-refractivity contribution in [2.24, 2.45) is 5.92 Å². The van der Waals surface area contributed by atoms with Gasteiger partial charge in [-0.1, -0.05) is 106 Å². The molecule has 35 heavy (non-hydrogen) atoms. The van der Waals surface area contributed by atoms with Gasteiger partial charge in [0.1, 0.15) is 0 Å². The third-order valence-corrected chi connectivity index (χ3v) is 6.71. The van der Waals surface area contributed by atoms with E-state index in [2.05, 4.69) is 0 Å². The first-order valence-electron chi connectivity index (χ1n) is 10.3. The quantitative estimate of drug-likeness (QED) is 0.155. The van der Waals surface area contributed by atoms with E-state index in [-0.39, 0.29) is 41.6 Å². The van der Waals surface area contributed by atoms with E-state index in [0.717, 1.165) is 11.1 Å². The Balaban J connectivity index is 2.04. The molecule has 0 saturated carbocycles. The molecular weight excluding hydrogens is 577 g/mol. The summed E-state index contributed by atoms with van der Waals surface area (Å²) in [5, 5.41) is 0.555. The Bertz CT molecular complexity index is 1160. The Labute approximate surface area is 232 Å². The Morgan fingerprint density at radius 1 is 0.743 bits per heavy atom. The van der Waals surface area contributed by atoms with Gasteiger partial charge in [0.2, 0.25) is 0 Å². The van der Waals surface area contributed by atoms with Gasteiger partial charge >= 0.3 is 11.9 Å². The largest absolute Gasteiger partial charge is 0.423 e. The summed E-state index contributed by atoms with van der Waals surface area (Å²) in [7, 11) is 0. The van der Waals surface area contributed by atoms with Gasteiger partial charge in [-0.25, -0.2) is 0 Å². The molecule has 0 aliphatic rings. The molecule has 0 amide bonds. The summed E-state index contributed by atoms with van der Waals surface area (Å²) in [6.45, 7) is 3.74. The van der Waals surface area contributed by atoms with E-state index in [1.54, 1.807) is 0 Å². The summed E-state index contributed by atoms with van der Waals surface area (Å²) in [5.74, 6) is -4.10. The van der Waals surface area contributed by atoms with Gasteiger partial charge in [-0.05, 0) is 43.2 Å². The van der Waals surface area contributed by atoms with Crippen molar-refractivity contribution in [3.63, 3.8) is 0 Å². The van der Waals surface area contributed by atoms with Crippen LogP contribution in [0.1, 0.15) is 30.4 Å². The minimum atomic E-state index is -1.41. The van der Waals surface area contributed by atoms with E-state index in [4.69, 9.17) is 79.1 Å². The molecule has 1 atom stereocenters. The highest BCUT2D eigenvalue weighted by atomic mass is 35.5. The van der Waals surface area contributed by atoms with E-state index in [1.165, 1.54) is 24.3 Å². The summed E-state index contributed by atoms with van der Waals surface area (Å²) in [6, 6.07) is 12.9. The van der Waals surface area contributed by atoms with E-state index >= 15 is 0 Å². The van der Waals surface area contributed by atoms with Gasteiger partial charge in [0.25, 0.3) is 0 Å². The number of rotatable bonds is 7. The molecule has 0 aliphatic carbocycles. The first-order chi connectivity index (χ1) is 16.5. The molecule has 0 N–H and O–H groups in total. The van der Waals surface area contributed by atoms with Crippen molar-refractivity contribution in [3.8, 4) is 11.5 Å². The molecule has 0 unspecified atom stereocenters. The maximum atomic E-state index is 13.5. The van der Waals surface area contributed by atoms with E-state index in [9.17, 15) is 9.59 Å². The second-order valence-corrected chi connectivity index (χ2v) is 10.1. The van der Waals surface area contributed by atoms with Crippen LogP contribution in [0, 0.1) is 12.8 Å². The van der Waals surface area contributed by atoms with Crippen LogP contribution in [0.4, 0.5) is 0 Å². The van der Waals surface area contributed by atoms with Crippen LogP contribution in [0.2, 0.25) is 30.1 Å². The van der Waals surface area contributed by atoms with Crippen molar-refractivity contribution >= 4 is 81.5 Å². The number of aryl methyl sites for hydroxylation is 1. The van der Waals surface area contributed by atoms with Gasteiger partial charge in [-0.3, -0.25) is 9.59 Å². The lowest BCUT2D eigenvalue weighted by Gasteiger charge is -2.25. The maximum absolute atomic E-state index is 13.5.